The zero-order chi connectivity index (χ0) is 13.5. The standard InChI is InChI=1S/C15H22N2O2S/c1-10-16-12(9-20-10)4-17-5-15(19-6-11-2-3-11)13-7-18-8-14(13)17/h9,11,13-15H,2-8H2,1H3/t13-,14+,15-/m1/s1. The molecule has 2 aliphatic heterocycles. The van der Waals surface area contributed by atoms with Crippen LogP contribution in [0.3, 0.4) is 0 Å². The highest BCUT2D eigenvalue weighted by molar-refractivity contribution is 7.09. The van der Waals surface area contributed by atoms with E-state index in [1.54, 1.807) is 11.3 Å². The molecule has 1 saturated carbocycles. The van der Waals surface area contributed by atoms with Crippen molar-refractivity contribution in [2.75, 3.05) is 26.4 Å². The second-order valence-corrected chi connectivity index (χ2v) is 7.43. The summed E-state index contributed by atoms with van der Waals surface area (Å²) in [7, 11) is 0. The summed E-state index contributed by atoms with van der Waals surface area (Å²) in [6.45, 7) is 6.74. The Kier molecular flexibility index (Phi) is 3.54. The van der Waals surface area contributed by atoms with E-state index in [4.69, 9.17) is 9.47 Å². The molecule has 0 unspecified atom stereocenters. The Balaban J connectivity index is 1.41. The summed E-state index contributed by atoms with van der Waals surface area (Å²) in [5, 5.41) is 3.33. The predicted octanol–water partition coefficient (Wildman–Crippen LogP) is 2.08. The van der Waals surface area contributed by atoms with Gasteiger partial charge in [-0.2, -0.15) is 0 Å². The second-order valence-electron chi connectivity index (χ2n) is 6.37. The van der Waals surface area contributed by atoms with Crippen LogP contribution in [-0.4, -0.2) is 48.4 Å². The highest BCUT2D eigenvalue weighted by Gasteiger charge is 2.46. The third-order valence-corrected chi connectivity index (χ3v) is 5.55. The van der Waals surface area contributed by atoms with E-state index in [-0.39, 0.29) is 0 Å². The van der Waals surface area contributed by atoms with E-state index in [1.165, 1.54) is 18.5 Å². The van der Waals surface area contributed by atoms with E-state index in [0.717, 1.165) is 43.8 Å². The number of aromatic nitrogens is 1. The summed E-state index contributed by atoms with van der Waals surface area (Å²) in [5.41, 5.74) is 1.20. The molecular formula is C15H22N2O2S. The smallest absolute Gasteiger partial charge is 0.0897 e. The van der Waals surface area contributed by atoms with E-state index >= 15 is 0 Å². The topological polar surface area (TPSA) is 34.6 Å². The molecule has 110 valence electrons. The Bertz CT molecular complexity index is 474. The Morgan fingerprint density at radius 1 is 1.45 bits per heavy atom. The van der Waals surface area contributed by atoms with Crippen molar-refractivity contribution in [1.29, 1.82) is 0 Å². The Morgan fingerprint density at radius 2 is 2.35 bits per heavy atom. The normalized spacial score (nSPS) is 33.8. The average Bonchev–Trinajstić information content (AvgIpc) is 2.84. The molecule has 2 saturated heterocycles. The van der Waals surface area contributed by atoms with E-state index in [1.807, 2.05) is 0 Å². The van der Waals surface area contributed by atoms with Gasteiger partial charge in [0.15, 0.2) is 0 Å². The number of fused-ring (bicyclic) bond motifs is 1. The van der Waals surface area contributed by atoms with Gasteiger partial charge in [0.05, 0.1) is 30.0 Å². The molecule has 3 aliphatic rings. The third-order valence-electron chi connectivity index (χ3n) is 4.73. The largest absolute Gasteiger partial charge is 0.379 e. The van der Waals surface area contributed by atoms with Gasteiger partial charge in [0, 0.05) is 37.0 Å². The SMILES string of the molecule is Cc1nc(CN2C[C@@H](OCC3CC3)[C@@H]3COC[C@@H]32)cs1. The van der Waals surface area contributed by atoms with Crippen LogP contribution in [-0.2, 0) is 16.0 Å². The lowest BCUT2D eigenvalue weighted by Crippen LogP contribution is -2.32. The summed E-state index contributed by atoms with van der Waals surface area (Å²) in [6.07, 6.45) is 3.08. The van der Waals surface area contributed by atoms with Crippen molar-refractivity contribution in [2.24, 2.45) is 11.8 Å². The first-order valence-corrected chi connectivity index (χ1v) is 8.52. The zero-order valence-corrected chi connectivity index (χ0v) is 12.8. The van der Waals surface area contributed by atoms with Crippen LogP contribution < -0.4 is 0 Å². The van der Waals surface area contributed by atoms with Crippen LogP contribution in [0.1, 0.15) is 23.5 Å². The van der Waals surface area contributed by atoms with Gasteiger partial charge in [-0.05, 0) is 25.7 Å². The molecule has 0 bridgehead atoms. The number of ether oxygens (including phenoxy) is 2. The maximum Gasteiger partial charge on any atom is 0.0897 e. The van der Waals surface area contributed by atoms with Crippen LogP contribution in [0.2, 0.25) is 0 Å². The highest BCUT2D eigenvalue weighted by Crippen LogP contribution is 2.35. The molecule has 3 atom stereocenters. The van der Waals surface area contributed by atoms with E-state index in [0.29, 0.717) is 18.1 Å². The minimum Gasteiger partial charge on any atom is -0.379 e. The molecule has 5 heteroatoms. The van der Waals surface area contributed by atoms with Crippen LogP contribution >= 0.6 is 11.3 Å². The summed E-state index contributed by atoms with van der Waals surface area (Å²) >= 11 is 1.74. The van der Waals surface area contributed by atoms with Crippen LogP contribution in [0.25, 0.3) is 0 Å². The first kappa shape index (κ1) is 13.2. The number of aryl methyl sites for hydroxylation is 1. The van der Waals surface area contributed by atoms with Gasteiger partial charge in [0.1, 0.15) is 0 Å². The number of nitrogens with zero attached hydrogens (tertiary/aromatic N) is 2. The maximum atomic E-state index is 6.17. The van der Waals surface area contributed by atoms with Crippen LogP contribution in [0, 0.1) is 18.8 Å². The van der Waals surface area contributed by atoms with Gasteiger partial charge in [0.25, 0.3) is 0 Å². The lowest BCUT2D eigenvalue weighted by atomic mass is 10.0. The molecule has 0 aromatic carbocycles. The second kappa shape index (κ2) is 5.37. The molecule has 4 nitrogen and oxygen atoms in total. The zero-order valence-electron chi connectivity index (χ0n) is 12.0. The van der Waals surface area contributed by atoms with Crippen molar-refractivity contribution in [3.8, 4) is 0 Å². The van der Waals surface area contributed by atoms with Crippen LogP contribution in [0.4, 0.5) is 0 Å². The molecule has 20 heavy (non-hydrogen) atoms. The van der Waals surface area contributed by atoms with Gasteiger partial charge < -0.3 is 9.47 Å². The van der Waals surface area contributed by atoms with Gasteiger partial charge in [-0.3, -0.25) is 4.90 Å². The molecule has 0 radical (unpaired) electrons. The fourth-order valence-corrected chi connectivity index (χ4v) is 3.99. The molecule has 1 aromatic rings. The molecule has 1 aliphatic carbocycles. The molecular weight excluding hydrogens is 272 g/mol. The van der Waals surface area contributed by atoms with Crippen LogP contribution in [0.5, 0.6) is 0 Å². The van der Waals surface area contributed by atoms with Gasteiger partial charge in [-0.1, -0.05) is 0 Å². The lowest BCUT2D eigenvalue weighted by molar-refractivity contribution is 0.0136. The first-order valence-electron chi connectivity index (χ1n) is 7.64. The predicted molar refractivity (Wildman–Crippen MR) is 77.8 cm³/mol. The molecule has 4 rings (SSSR count). The van der Waals surface area contributed by atoms with Crippen molar-refractivity contribution in [3.63, 3.8) is 0 Å². The number of hydrogen-bond acceptors (Lipinski definition) is 5. The summed E-state index contributed by atoms with van der Waals surface area (Å²) < 4.78 is 11.9. The van der Waals surface area contributed by atoms with Crippen molar-refractivity contribution in [3.05, 3.63) is 16.1 Å². The van der Waals surface area contributed by atoms with Gasteiger partial charge in [0.2, 0.25) is 0 Å². The van der Waals surface area contributed by atoms with E-state index < -0.39 is 0 Å². The van der Waals surface area contributed by atoms with Crippen molar-refractivity contribution >= 4 is 11.3 Å². The fraction of sp³-hybridized carbons (Fsp3) is 0.800. The fourth-order valence-electron chi connectivity index (χ4n) is 3.38. The first-order chi connectivity index (χ1) is 9.79. The Morgan fingerprint density at radius 3 is 3.10 bits per heavy atom. The average molecular weight is 294 g/mol. The Labute approximate surface area is 124 Å². The molecule has 0 amide bonds. The van der Waals surface area contributed by atoms with Gasteiger partial charge in [-0.25, -0.2) is 4.98 Å². The highest BCUT2D eigenvalue weighted by atomic mass is 32.1. The molecule has 3 heterocycles. The van der Waals surface area contributed by atoms with E-state index in [9.17, 15) is 0 Å². The van der Waals surface area contributed by atoms with Crippen molar-refractivity contribution < 1.29 is 9.47 Å². The molecule has 0 N–H and O–H groups in total. The van der Waals surface area contributed by atoms with Crippen LogP contribution in [0.15, 0.2) is 5.38 Å². The number of hydrogen-bond donors (Lipinski definition) is 0. The summed E-state index contributed by atoms with van der Waals surface area (Å²) in [6, 6.07) is 0.529. The number of likely N-dealkylation sites (tertiary alicyclic amines) is 1. The van der Waals surface area contributed by atoms with Crippen molar-refractivity contribution in [2.45, 2.75) is 38.5 Å². The number of rotatable bonds is 5. The summed E-state index contributed by atoms with van der Waals surface area (Å²) in [4.78, 5) is 7.11. The van der Waals surface area contributed by atoms with Crippen molar-refractivity contribution in [1.82, 2.24) is 9.88 Å². The monoisotopic (exact) mass is 294 g/mol. The lowest BCUT2D eigenvalue weighted by Gasteiger charge is -2.20. The van der Waals surface area contributed by atoms with E-state index in [2.05, 4.69) is 22.2 Å². The minimum atomic E-state index is 0.364. The minimum absolute atomic E-state index is 0.364. The third kappa shape index (κ3) is 2.64. The molecule has 0 spiro atoms. The quantitative estimate of drug-likeness (QED) is 0.833. The molecule has 1 aromatic heterocycles. The maximum absolute atomic E-state index is 6.17. The Hall–Kier alpha value is -0.490. The summed E-state index contributed by atoms with van der Waals surface area (Å²) in [5.74, 6) is 1.40. The van der Waals surface area contributed by atoms with Gasteiger partial charge >= 0.3 is 0 Å². The molecule has 3 fully saturated rings. The van der Waals surface area contributed by atoms with Gasteiger partial charge in [-0.15, -0.1) is 11.3 Å². The number of thiazole rings is 1.